The molecule has 0 radical (unpaired) electrons. The molecule has 1 fully saturated rings. The third-order valence-corrected chi connectivity index (χ3v) is 3.71. The average Bonchev–Trinajstić information content (AvgIpc) is 2.46. The second-order valence-electron chi connectivity index (χ2n) is 4.92. The maximum atomic E-state index is 6.21. The van der Waals surface area contributed by atoms with E-state index < -0.39 is 0 Å². The molecule has 1 aromatic rings. The molecule has 18 heavy (non-hydrogen) atoms. The van der Waals surface area contributed by atoms with Crippen molar-refractivity contribution in [1.29, 1.82) is 0 Å². The first-order valence-electron chi connectivity index (χ1n) is 6.97. The lowest BCUT2D eigenvalue weighted by atomic mass is 10.0. The van der Waals surface area contributed by atoms with Crippen LogP contribution >= 0.6 is 0 Å². The first kappa shape index (κ1) is 13.4. The lowest BCUT2D eigenvalue weighted by Gasteiger charge is -2.36. The predicted octanol–water partition coefficient (Wildman–Crippen LogP) is 2.71. The summed E-state index contributed by atoms with van der Waals surface area (Å²) < 4.78 is 5.73. The first-order valence-corrected chi connectivity index (χ1v) is 6.97. The predicted molar refractivity (Wildman–Crippen MR) is 75.9 cm³/mol. The quantitative estimate of drug-likeness (QED) is 0.890. The number of benzene rings is 1. The molecule has 1 saturated heterocycles. The summed E-state index contributed by atoms with van der Waals surface area (Å²) in [5, 5.41) is 0. The van der Waals surface area contributed by atoms with Crippen LogP contribution in [0.3, 0.4) is 0 Å². The summed E-state index contributed by atoms with van der Waals surface area (Å²) in [7, 11) is 0. The highest BCUT2D eigenvalue weighted by Crippen LogP contribution is 2.28. The highest BCUT2D eigenvalue weighted by Gasteiger charge is 2.21. The van der Waals surface area contributed by atoms with Crippen LogP contribution in [0.15, 0.2) is 24.3 Å². The molecule has 1 unspecified atom stereocenters. The smallest absolute Gasteiger partial charge is 0.0748 e. The maximum Gasteiger partial charge on any atom is 0.0748 e. The number of morpholine rings is 1. The van der Waals surface area contributed by atoms with Crippen LogP contribution in [0.5, 0.6) is 0 Å². The number of anilines is 1. The molecule has 2 rings (SSSR count). The van der Waals surface area contributed by atoms with E-state index in [1.807, 2.05) is 0 Å². The number of nitrogens with zero attached hydrogens (tertiary/aromatic N) is 1. The van der Waals surface area contributed by atoms with Crippen LogP contribution in [0.25, 0.3) is 0 Å². The summed E-state index contributed by atoms with van der Waals surface area (Å²) in [6.07, 6.45) is 2.39. The Morgan fingerprint density at radius 1 is 1.39 bits per heavy atom. The van der Waals surface area contributed by atoms with Gasteiger partial charge in [-0.1, -0.05) is 32.0 Å². The highest BCUT2D eigenvalue weighted by atomic mass is 16.5. The Hall–Kier alpha value is -1.06. The molecule has 1 aliphatic rings. The third kappa shape index (κ3) is 2.85. The molecule has 2 N–H and O–H groups in total. The van der Waals surface area contributed by atoms with Gasteiger partial charge in [0.05, 0.1) is 12.7 Å². The molecule has 1 aromatic carbocycles. The van der Waals surface area contributed by atoms with E-state index in [0.29, 0.717) is 6.10 Å². The summed E-state index contributed by atoms with van der Waals surface area (Å²) in [5.41, 5.74) is 8.76. The number of rotatable bonds is 4. The van der Waals surface area contributed by atoms with Crippen LogP contribution in [0, 0.1) is 0 Å². The van der Waals surface area contributed by atoms with Gasteiger partial charge in [-0.3, -0.25) is 0 Å². The Bertz CT molecular complexity index is 381. The zero-order valence-corrected chi connectivity index (χ0v) is 11.4. The molecule has 0 aromatic heterocycles. The molecule has 3 nitrogen and oxygen atoms in total. The second-order valence-corrected chi connectivity index (χ2v) is 4.92. The fraction of sp³-hybridized carbons (Fsp3) is 0.600. The molecule has 1 heterocycles. The van der Waals surface area contributed by atoms with E-state index in [-0.39, 0.29) is 6.04 Å². The van der Waals surface area contributed by atoms with Crippen molar-refractivity contribution < 1.29 is 4.74 Å². The van der Waals surface area contributed by atoms with Crippen molar-refractivity contribution in [3.63, 3.8) is 0 Å². The summed E-state index contributed by atoms with van der Waals surface area (Å²) >= 11 is 0. The number of para-hydroxylation sites is 1. The standard InChI is InChI=1S/C15H24N2O/c1-3-12-11-17(9-10-18-12)15-8-6-5-7-13(15)14(16)4-2/h5-8,12,14H,3-4,9-11,16H2,1-2H3/t12?,14-/m0/s1. The van der Waals surface area contributed by atoms with Crippen molar-refractivity contribution in [2.75, 3.05) is 24.6 Å². The molecule has 0 aliphatic carbocycles. The van der Waals surface area contributed by atoms with Crippen LogP contribution in [0.1, 0.15) is 38.3 Å². The minimum absolute atomic E-state index is 0.129. The molecule has 100 valence electrons. The van der Waals surface area contributed by atoms with Gasteiger partial charge in [0.15, 0.2) is 0 Å². The van der Waals surface area contributed by atoms with Crippen molar-refractivity contribution in [2.24, 2.45) is 5.73 Å². The molecule has 0 saturated carbocycles. The monoisotopic (exact) mass is 248 g/mol. The Kier molecular flexibility index (Phi) is 4.61. The molecule has 0 spiro atoms. The third-order valence-electron chi connectivity index (χ3n) is 3.71. The van der Waals surface area contributed by atoms with Crippen molar-refractivity contribution in [2.45, 2.75) is 38.8 Å². The van der Waals surface area contributed by atoms with E-state index in [9.17, 15) is 0 Å². The Morgan fingerprint density at radius 2 is 2.17 bits per heavy atom. The maximum absolute atomic E-state index is 6.21. The van der Waals surface area contributed by atoms with Gasteiger partial charge in [-0.15, -0.1) is 0 Å². The van der Waals surface area contributed by atoms with Gasteiger partial charge >= 0.3 is 0 Å². The molecule has 3 heteroatoms. The average molecular weight is 248 g/mol. The zero-order chi connectivity index (χ0) is 13.0. The number of hydrogen-bond donors (Lipinski definition) is 1. The second kappa shape index (κ2) is 6.21. The lowest BCUT2D eigenvalue weighted by molar-refractivity contribution is 0.0383. The molecular formula is C15H24N2O. The first-order chi connectivity index (χ1) is 8.76. The largest absolute Gasteiger partial charge is 0.375 e. The van der Waals surface area contributed by atoms with E-state index in [0.717, 1.165) is 32.5 Å². The summed E-state index contributed by atoms with van der Waals surface area (Å²) in [4.78, 5) is 2.42. The summed E-state index contributed by atoms with van der Waals surface area (Å²) in [6.45, 7) is 7.07. The molecule has 2 atom stereocenters. The topological polar surface area (TPSA) is 38.5 Å². The van der Waals surface area contributed by atoms with Crippen LogP contribution in [-0.2, 0) is 4.74 Å². The van der Waals surface area contributed by atoms with E-state index in [1.165, 1.54) is 11.3 Å². The van der Waals surface area contributed by atoms with E-state index in [4.69, 9.17) is 10.5 Å². The fourth-order valence-corrected chi connectivity index (χ4v) is 2.49. The van der Waals surface area contributed by atoms with Crippen molar-refractivity contribution in [1.82, 2.24) is 0 Å². The van der Waals surface area contributed by atoms with Gasteiger partial charge in [-0.2, -0.15) is 0 Å². The number of ether oxygens (including phenoxy) is 1. The van der Waals surface area contributed by atoms with E-state index in [1.54, 1.807) is 0 Å². The Morgan fingerprint density at radius 3 is 2.89 bits per heavy atom. The molecule has 0 bridgehead atoms. The number of nitrogens with two attached hydrogens (primary N) is 1. The van der Waals surface area contributed by atoms with Gasteiger partial charge in [0, 0.05) is 24.8 Å². The molecule has 1 aliphatic heterocycles. The molecular weight excluding hydrogens is 224 g/mol. The zero-order valence-electron chi connectivity index (χ0n) is 11.4. The van der Waals surface area contributed by atoms with E-state index in [2.05, 4.69) is 43.0 Å². The fourth-order valence-electron chi connectivity index (χ4n) is 2.49. The van der Waals surface area contributed by atoms with Crippen molar-refractivity contribution in [3.05, 3.63) is 29.8 Å². The van der Waals surface area contributed by atoms with Gasteiger partial charge in [0.1, 0.15) is 0 Å². The van der Waals surface area contributed by atoms with Crippen molar-refractivity contribution in [3.8, 4) is 0 Å². The van der Waals surface area contributed by atoms with Crippen molar-refractivity contribution >= 4 is 5.69 Å². The summed E-state index contributed by atoms with van der Waals surface area (Å²) in [5.74, 6) is 0. The lowest BCUT2D eigenvalue weighted by Crippen LogP contribution is -2.42. The SMILES string of the molecule is CCC1CN(c2ccccc2[C@@H](N)CC)CCO1. The van der Waals surface area contributed by atoms with Gasteiger partial charge in [0.25, 0.3) is 0 Å². The Labute approximate surface area is 110 Å². The minimum Gasteiger partial charge on any atom is -0.375 e. The van der Waals surface area contributed by atoms with E-state index >= 15 is 0 Å². The Balaban J connectivity index is 2.21. The normalized spacial score (nSPS) is 21.9. The van der Waals surface area contributed by atoms with Gasteiger partial charge in [-0.05, 0) is 24.5 Å². The van der Waals surface area contributed by atoms with Crippen LogP contribution in [0.4, 0.5) is 5.69 Å². The van der Waals surface area contributed by atoms with Gasteiger partial charge < -0.3 is 15.4 Å². The highest BCUT2D eigenvalue weighted by molar-refractivity contribution is 5.55. The minimum atomic E-state index is 0.129. The van der Waals surface area contributed by atoms with Gasteiger partial charge in [0.2, 0.25) is 0 Å². The van der Waals surface area contributed by atoms with Crippen LogP contribution < -0.4 is 10.6 Å². The summed E-state index contributed by atoms with van der Waals surface area (Å²) in [6, 6.07) is 8.64. The number of hydrogen-bond acceptors (Lipinski definition) is 3. The van der Waals surface area contributed by atoms with Crippen LogP contribution in [0.2, 0.25) is 0 Å². The molecule has 0 amide bonds. The van der Waals surface area contributed by atoms with Crippen LogP contribution in [-0.4, -0.2) is 25.8 Å². The van der Waals surface area contributed by atoms with Gasteiger partial charge in [-0.25, -0.2) is 0 Å².